The molecule has 3 N–H and O–H groups in total. The molecule has 5 rings (SSSR count). The fraction of sp³-hybridized carbons (Fsp3) is 0.185. The highest BCUT2D eigenvalue weighted by molar-refractivity contribution is 5.76. The lowest BCUT2D eigenvalue weighted by Gasteiger charge is -2.38. The Bertz CT molecular complexity index is 1360. The summed E-state index contributed by atoms with van der Waals surface area (Å²) in [5.41, 5.74) is 13.0. The van der Waals surface area contributed by atoms with Crippen LogP contribution in [0.15, 0.2) is 79.7 Å². The molecule has 1 aliphatic heterocycles. The molecule has 1 aliphatic rings. The van der Waals surface area contributed by atoms with Gasteiger partial charge in [-0.05, 0) is 60.9 Å². The zero-order valence-corrected chi connectivity index (χ0v) is 19.6. The van der Waals surface area contributed by atoms with E-state index in [1.807, 2.05) is 48.1 Å². The van der Waals surface area contributed by atoms with Gasteiger partial charge in [0.2, 0.25) is 0 Å². The van der Waals surface area contributed by atoms with Gasteiger partial charge in [-0.1, -0.05) is 24.8 Å². The Balaban J connectivity index is 1.57. The van der Waals surface area contributed by atoms with E-state index in [1.165, 1.54) is 0 Å². The lowest BCUT2D eigenvalue weighted by atomic mass is 9.97. The summed E-state index contributed by atoms with van der Waals surface area (Å²) in [5.74, 6) is 2.50. The number of aryl methyl sites for hydroxylation is 1. The summed E-state index contributed by atoms with van der Waals surface area (Å²) in [5, 5.41) is 3.45. The van der Waals surface area contributed by atoms with Gasteiger partial charge >= 0.3 is 0 Å². The van der Waals surface area contributed by atoms with E-state index in [0.717, 1.165) is 56.7 Å². The molecular weight excluding hydrogens is 424 g/mol. The van der Waals surface area contributed by atoms with Crippen molar-refractivity contribution in [3.8, 4) is 22.6 Å². The molecule has 1 atom stereocenters. The van der Waals surface area contributed by atoms with Crippen LogP contribution < -0.4 is 20.7 Å². The van der Waals surface area contributed by atoms with E-state index in [-0.39, 0.29) is 6.04 Å². The molecule has 3 heterocycles. The SMILES string of the molecule is C=C1NCc2c(-c3ccc(-n4cnc(C)c4)c(OC)c3)ccnc2N1C(C)c1ccc(N)cc1. The van der Waals surface area contributed by atoms with Gasteiger partial charge in [0, 0.05) is 30.2 Å². The zero-order chi connectivity index (χ0) is 23.8. The number of nitrogens with zero attached hydrogens (tertiary/aromatic N) is 4. The third kappa shape index (κ3) is 3.75. The monoisotopic (exact) mass is 452 g/mol. The number of nitrogen functional groups attached to an aromatic ring is 1. The van der Waals surface area contributed by atoms with Crippen LogP contribution in [0.4, 0.5) is 11.5 Å². The third-order valence-corrected chi connectivity index (χ3v) is 6.31. The summed E-state index contributed by atoms with van der Waals surface area (Å²) in [6.07, 6.45) is 5.64. The smallest absolute Gasteiger partial charge is 0.143 e. The molecule has 0 bridgehead atoms. The van der Waals surface area contributed by atoms with Crippen molar-refractivity contribution in [2.45, 2.75) is 26.4 Å². The summed E-state index contributed by atoms with van der Waals surface area (Å²) in [6.45, 7) is 9.02. The van der Waals surface area contributed by atoms with Crippen molar-refractivity contribution in [3.05, 3.63) is 96.5 Å². The van der Waals surface area contributed by atoms with Crippen LogP contribution in [0.5, 0.6) is 5.75 Å². The maximum absolute atomic E-state index is 5.89. The number of ether oxygens (including phenoxy) is 1. The highest BCUT2D eigenvalue weighted by atomic mass is 16.5. The van der Waals surface area contributed by atoms with Gasteiger partial charge in [-0.2, -0.15) is 0 Å². The predicted octanol–water partition coefficient (Wildman–Crippen LogP) is 4.98. The molecule has 0 saturated heterocycles. The van der Waals surface area contributed by atoms with Gasteiger partial charge < -0.3 is 25.3 Å². The Morgan fingerprint density at radius 3 is 2.62 bits per heavy atom. The number of hydrogen-bond donors (Lipinski definition) is 2. The Kier molecular flexibility index (Phi) is 5.45. The van der Waals surface area contributed by atoms with Gasteiger partial charge in [0.05, 0.1) is 30.9 Å². The first-order chi connectivity index (χ1) is 16.5. The number of aromatic nitrogens is 3. The lowest BCUT2D eigenvalue weighted by molar-refractivity contribution is 0.413. The van der Waals surface area contributed by atoms with Crippen molar-refractivity contribution < 1.29 is 4.74 Å². The standard InChI is InChI=1S/C27H28N6O/c1-17-15-32(16-31-17)25-10-7-21(13-26(25)34-4)23-11-12-29-27-24(23)14-30-19(3)33(27)18(2)20-5-8-22(28)9-6-20/h5-13,15-16,18,30H,3,14,28H2,1-2,4H3. The van der Waals surface area contributed by atoms with E-state index >= 15 is 0 Å². The molecule has 34 heavy (non-hydrogen) atoms. The summed E-state index contributed by atoms with van der Waals surface area (Å²) in [7, 11) is 1.69. The van der Waals surface area contributed by atoms with Gasteiger partial charge in [-0.15, -0.1) is 0 Å². The molecule has 7 heteroatoms. The number of anilines is 2. The molecule has 0 aliphatic carbocycles. The third-order valence-electron chi connectivity index (χ3n) is 6.31. The molecule has 1 unspecified atom stereocenters. The zero-order valence-electron chi connectivity index (χ0n) is 19.6. The minimum Gasteiger partial charge on any atom is -0.495 e. The largest absolute Gasteiger partial charge is 0.495 e. The highest BCUT2D eigenvalue weighted by Gasteiger charge is 2.28. The second kappa shape index (κ2) is 8.59. The molecule has 172 valence electrons. The second-order valence-corrected chi connectivity index (χ2v) is 8.48. The fourth-order valence-electron chi connectivity index (χ4n) is 4.49. The molecule has 0 fully saturated rings. The van der Waals surface area contributed by atoms with Gasteiger partial charge in [0.1, 0.15) is 17.4 Å². The van der Waals surface area contributed by atoms with Crippen molar-refractivity contribution in [2.75, 3.05) is 17.7 Å². The number of nitrogens with two attached hydrogens (primary N) is 1. The number of methoxy groups -OCH3 is 1. The first kappa shape index (κ1) is 21.6. The van der Waals surface area contributed by atoms with Crippen LogP contribution in [-0.4, -0.2) is 21.6 Å². The molecule has 7 nitrogen and oxygen atoms in total. The Labute approximate surface area is 199 Å². The molecule has 0 spiro atoms. The minimum absolute atomic E-state index is 0.0313. The van der Waals surface area contributed by atoms with Crippen molar-refractivity contribution in [1.82, 2.24) is 19.9 Å². The van der Waals surface area contributed by atoms with Gasteiger partial charge in [0.25, 0.3) is 0 Å². The van der Waals surface area contributed by atoms with Crippen molar-refractivity contribution in [2.24, 2.45) is 0 Å². The van der Waals surface area contributed by atoms with Crippen LogP contribution in [0.25, 0.3) is 16.8 Å². The van der Waals surface area contributed by atoms with Crippen LogP contribution in [0.1, 0.15) is 29.8 Å². The first-order valence-electron chi connectivity index (χ1n) is 11.2. The molecule has 4 aromatic rings. The number of pyridine rings is 1. The molecule has 0 amide bonds. The van der Waals surface area contributed by atoms with E-state index < -0.39 is 0 Å². The molecular formula is C27H28N6O. The maximum Gasteiger partial charge on any atom is 0.143 e. The number of imidazole rings is 1. The van der Waals surface area contributed by atoms with Crippen LogP contribution in [0.3, 0.4) is 0 Å². The lowest BCUT2D eigenvalue weighted by Crippen LogP contribution is -2.38. The Hall–Kier alpha value is -4.26. The highest BCUT2D eigenvalue weighted by Crippen LogP contribution is 2.39. The molecule has 2 aromatic heterocycles. The summed E-state index contributed by atoms with van der Waals surface area (Å²) in [6, 6.07) is 16.3. The van der Waals surface area contributed by atoms with E-state index in [1.54, 1.807) is 13.4 Å². The number of fused-ring (bicyclic) bond motifs is 1. The molecule has 2 aromatic carbocycles. The maximum atomic E-state index is 5.89. The first-order valence-corrected chi connectivity index (χ1v) is 11.2. The Morgan fingerprint density at radius 2 is 1.91 bits per heavy atom. The molecule has 0 saturated carbocycles. The van der Waals surface area contributed by atoms with Crippen molar-refractivity contribution in [1.29, 1.82) is 0 Å². The molecule has 0 radical (unpaired) electrons. The second-order valence-electron chi connectivity index (χ2n) is 8.48. The van der Waals surface area contributed by atoms with Crippen LogP contribution >= 0.6 is 0 Å². The van der Waals surface area contributed by atoms with E-state index in [0.29, 0.717) is 6.54 Å². The number of rotatable bonds is 5. The van der Waals surface area contributed by atoms with Crippen molar-refractivity contribution in [3.63, 3.8) is 0 Å². The van der Waals surface area contributed by atoms with Gasteiger partial charge in [-0.25, -0.2) is 9.97 Å². The quantitative estimate of drug-likeness (QED) is 0.416. The number of benzene rings is 2. The van der Waals surface area contributed by atoms with E-state index in [2.05, 4.69) is 53.0 Å². The summed E-state index contributed by atoms with van der Waals surface area (Å²) < 4.78 is 7.72. The number of hydrogen-bond acceptors (Lipinski definition) is 6. The minimum atomic E-state index is 0.0313. The van der Waals surface area contributed by atoms with E-state index in [9.17, 15) is 0 Å². The topological polar surface area (TPSA) is 81.2 Å². The van der Waals surface area contributed by atoms with Crippen LogP contribution in [0.2, 0.25) is 0 Å². The normalized spacial score (nSPS) is 13.9. The summed E-state index contributed by atoms with van der Waals surface area (Å²) >= 11 is 0. The average Bonchev–Trinajstić information content (AvgIpc) is 3.29. The van der Waals surface area contributed by atoms with Crippen LogP contribution in [-0.2, 0) is 6.54 Å². The fourth-order valence-corrected chi connectivity index (χ4v) is 4.49. The van der Waals surface area contributed by atoms with Crippen molar-refractivity contribution >= 4 is 11.5 Å². The van der Waals surface area contributed by atoms with E-state index in [4.69, 9.17) is 15.5 Å². The predicted molar refractivity (Wildman–Crippen MR) is 136 cm³/mol. The summed E-state index contributed by atoms with van der Waals surface area (Å²) in [4.78, 5) is 11.3. The van der Waals surface area contributed by atoms with Gasteiger partial charge in [0.15, 0.2) is 0 Å². The average molecular weight is 453 g/mol. The number of nitrogens with one attached hydrogen (secondary N) is 1. The Morgan fingerprint density at radius 1 is 1.12 bits per heavy atom. The van der Waals surface area contributed by atoms with Gasteiger partial charge in [-0.3, -0.25) is 0 Å². The van der Waals surface area contributed by atoms with Crippen LogP contribution in [0, 0.1) is 6.92 Å².